The van der Waals surface area contributed by atoms with Crippen LogP contribution in [-0.2, 0) is 6.54 Å². The summed E-state index contributed by atoms with van der Waals surface area (Å²) in [5.74, 6) is 0.955. The van der Waals surface area contributed by atoms with Gasteiger partial charge in [0.2, 0.25) is 0 Å². The highest BCUT2D eigenvalue weighted by atomic mass is 79.9. The Labute approximate surface area is 120 Å². The van der Waals surface area contributed by atoms with Gasteiger partial charge in [-0.1, -0.05) is 22.0 Å². The molecule has 0 radical (unpaired) electrons. The Morgan fingerprint density at radius 3 is 2.94 bits per heavy atom. The van der Waals surface area contributed by atoms with Gasteiger partial charge in [-0.2, -0.15) is 0 Å². The molecule has 18 heavy (non-hydrogen) atoms. The van der Waals surface area contributed by atoms with Crippen LogP contribution in [0.5, 0.6) is 5.75 Å². The largest absolute Gasteiger partial charge is 0.492 e. The van der Waals surface area contributed by atoms with Crippen molar-refractivity contribution in [3.05, 3.63) is 50.6 Å². The second-order valence-electron chi connectivity index (χ2n) is 4.01. The molecule has 0 aliphatic rings. The van der Waals surface area contributed by atoms with Crippen LogP contribution in [-0.4, -0.2) is 13.2 Å². The van der Waals surface area contributed by atoms with Crippen molar-refractivity contribution < 1.29 is 4.74 Å². The van der Waals surface area contributed by atoms with E-state index in [9.17, 15) is 0 Å². The summed E-state index contributed by atoms with van der Waals surface area (Å²) in [6, 6.07) is 10.3. The molecule has 1 heterocycles. The summed E-state index contributed by atoms with van der Waals surface area (Å²) in [5, 5.41) is 5.46. The van der Waals surface area contributed by atoms with Crippen LogP contribution in [0.3, 0.4) is 0 Å². The summed E-state index contributed by atoms with van der Waals surface area (Å²) in [6.07, 6.45) is 0. The smallest absolute Gasteiger partial charge is 0.122 e. The van der Waals surface area contributed by atoms with Gasteiger partial charge in [-0.15, -0.1) is 11.3 Å². The maximum absolute atomic E-state index is 5.73. The molecule has 0 unspecified atom stereocenters. The SMILES string of the molecule is Cc1cc(Br)ccc1OCCNCc1cccs1. The number of hydrogen-bond acceptors (Lipinski definition) is 3. The van der Waals surface area contributed by atoms with Crippen LogP contribution in [0.2, 0.25) is 0 Å². The average molecular weight is 326 g/mol. The lowest BCUT2D eigenvalue weighted by atomic mass is 10.2. The summed E-state index contributed by atoms with van der Waals surface area (Å²) in [5.41, 5.74) is 1.16. The zero-order valence-electron chi connectivity index (χ0n) is 10.3. The first-order valence-corrected chi connectivity index (χ1v) is 7.55. The fourth-order valence-corrected chi connectivity index (χ4v) is 2.78. The van der Waals surface area contributed by atoms with Gasteiger partial charge < -0.3 is 10.1 Å². The van der Waals surface area contributed by atoms with E-state index >= 15 is 0 Å². The number of halogens is 1. The molecule has 0 aliphatic carbocycles. The highest BCUT2D eigenvalue weighted by Crippen LogP contribution is 2.21. The standard InChI is InChI=1S/C14H16BrNOS/c1-11-9-12(15)4-5-14(11)17-7-6-16-10-13-3-2-8-18-13/h2-5,8-9,16H,6-7,10H2,1H3. The van der Waals surface area contributed by atoms with E-state index in [2.05, 4.69) is 51.7 Å². The monoisotopic (exact) mass is 325 g/mol. The van der Waals surface area contributed by atoms with Crippen molar-refractivity contribution in [3.8, 4) is 5.75 Å². The lowest BCUT2D eigenvalue weighted by Gasteiger charge is -2.09. The van der Waals surface area contributed by atoms with Gasteiger partial charge >= 0.3 is 0 Å². The lowest BCUT2D eigenvalue weighted by Crippen LogP contribution is -2.20. The molecule has 1 aromatic heterocycles. The van der Waals surface area contributed by atoms with E-state index in [1.165, 1.54) is 4.88 Å². The lowest BCUT2D eigenvalue weighted by molar-refractivity contribution is 0.312. The Morgan fingerprint density at radius 1 is 1.33 bits per heavy atom. The molecule has 96 valence electrons. The molecule has 2 nitrogen and oxygen atoms in total. The summed E-state index contributed by atoms with van der Waals surface area (Å²) in [7, 11) is 0. The van der Waals surface area contributed by atoms with E-state index in [0.29, 0.717) is 6.61 Å². The van der Waals surface area contributed by atoms with Gasteiger partial charge in [0.15, 0.2) is 0 Å². The van der Waals surface area contributed by atoms with Gasteiger partial charge in [0.05, 0.1) is 0 Å². The van der Waals surface area contributed by atoms with Crippen molar-refractivity contribution >= 4 is 27.3 Å². The summed E-state index contributed by atoms with van der Waals surface area (Å²) in [6.45, 7) is 4.51. The minimum atomic E-state index is 0.688. The van der Waals surface area contributed by atoms with Gasteiger partial charge in [0.25, 0.3) is 0 Å². The molecule has 1 N–H and O–H groups in total. The fourth-order valence-electron chi connectivity index (χ4n) is 1.63. The van der Waals surface area contributed by atoms with Crippen molar-refractivity contribution in [2.45, 2.75) is 13.5 Å². The molecule has 2 rings (SSSR count). The van der Waals surface area contributed by atoms with Crippen LogP contribution < -0.4 is 10.1 Å². The van der Waals surface area contributed by atoms with Crippen molar-refractivity contribution in [1.82, 2.24) is 5.32 Å². The number of ether oxygens (including phenoxy) is 1. The molecule has 0 saturated carbocycles. The van der Waals surface area contributed by atoms with Gasteiger partial charge in [0, 0.05) is 22.4 Å². The molecular formula is C14H16BrNOS. The minimum Gasteiger partial charge on any atom is -0.492 e. The van der Waals surface area contributed by atoms with Crippen molar-refractivity contribution in [2.24, 2.45) is 0 Å². The first-order valence-electron chi connectivity index (χ1n) is 5.88. The molecule has 1 aromatic carbocycles. The number of thiophene rings is 1. The molecule has 0 bridgehead atoms. The molecule has 0 spiro atoms. The highest BCUT2D eigenvalue weighted by Gasteiger charge is 1.99. The molecule has 0 fully saturated rings. The van der Waals surface area contributed by atoms with Crippen LogP contribution in [0.25, 0.3) is 0 Å². The minimum absolute atomic E-state index is 0.688. The number of nitrogens with one attached hydrogen (secondary N) is 1. The first kappa shape index (κ1) is 13.6. The molecule has 0 atom stereocenters. The normalized spacial score (nSPS) is 10.6. The Morgan fingerprint density at radius 2 is 2.22 bits per heavy atom. The van der Waals surface area contributed by atoms with E-state index in [0.717, 1.165) is 28.9 Å². The molecule has 2 aromatic rings. The molecule has 4 heteroatoms. The van der Waals surface area contributed by atoms with Gasteiger partial charge in [-0.3, -0.25) is 0 Å². The third-order valence-corrected chi connectivity index (χ3v) is 3.92. The second-order valence-corrected chi connectivity index (χ2v) is 5.96. The van der Waals surface area contributed by atoms with Gasteiger partial charge in [-0.25, -0.2) is 0 Å². The van der Waals surface area contributed by atoms with E-state index in [1.54, 1.807) is 11.3 Å². The predicted octanol–water partition coefficient (Wildman–Crippen LogP) is 3.99. The third kappa shape index (κ3) is 4.12. The molecule has 0 saturated heterocycles. The summed E-state index contributed by atoms with van der Waals surface area (Å²) >= 11 is 5.22. The van der Waals surface area contributed by atoms with Crippen LogP contribution in [0, 0.1) is 6.92 Å². The second kappa shape index (κ2) is 6.92. The van der Waals surface area contributed by atoms with Crippen LogP contribution in [0.15, 0.2) is 40.2 Å². The van der Waals surface area contributed by atoms with Crippen molar-refractivity contribution in [2.75, 3.05) is 13.2 Å². The number of aryl methyl sites for hydroxylation is 1. The average Bonchev–Trinajstić information content (AvgIpc) is 2.84. The zero-order valence-corrected chi connectivity index (χ0v) is 12.7. The van der Waals surface area contributed by atoms with Crippen molar-refractivity contribution in [3.63, 3.8) is 0 Å². The van der Waals surface area contributed by atoms with E-state index < -0.39 is 0 Å². The highest BCUT2D eigenvalue weighted by molar-refractivity contribution is 9.10. The number of benzene rings is 1. The van der Waals surface area contributed by atoms with Crippen LogP contribution in [0.1, 0.15) is 10.4 Å². The molecule has 0 amide bonds. The summed E-state index contributed by atoms with van der Waals surface area (Å²) < 4.78 is 6.82. The Bertz CT molecular complexity index is 485. The van der Waals surface area contributed by atoms with Crippen LogP contribution >= 0.6 is 27.3 Å². The Hall–Kier alpha value is -0.840. The third-order valence-electron chi connectivity index (χ3n) is 2.55. The topological polar surface area (TPSA) is 21.3 Å². The van der Waals surface area contributed by atoms with E-state index in [-0.39, 0.29) is 0 Å². The predicted molar refractivity (Wildman–Crippen MR) is 80.4 cm³/mol. The molecule has 0 aliphatic heterocycles. The zero-order chi connectivity index (χ0) is 12.8. The van der Waals surface area contributed by atoms with Crippen LogP contribution in [0.4, 0.5) is 0 Å². The maximum atomic E-state index is 5.73. The van der Waals surface area contributed by atoms with Gasteiger partial charge in [0.1, 0.15) is 12.4 Å². The Balaban J connectivity index is 1.69. The van der Waals surface area contributed by atoms with E-state index in [4.69, 9.17) is 4.74 Å². The van der Waals surface area contributed by atoms with Crippen molar-refractivity contribution in [1.29, 1.82) is 0 Å². The maximum Gasteiger partial charge on any atom is 0.122 e. The fraction of sp³-hybridized carbons (Fsp3) is 0.286. The first-order chi connectivity index (χ1) is 8.75. The number of hydrogen-bond donors (Lipinski definition) is 1. The Kier molecular flexibility index (Phi) is 5.23. The quantitative estimate of drug-likeness (QED) is 0.811. The van der Waals surface area contributed by atoms with Gasteiger partial charge in [-0.05, 0) is 42.1 Å². The molecular weight excluding hydrogens is 310 g/mol. The van der Waals surface area contributed by atoms with E-state index in [1.807, 2.05) is 12.1 Å². The summed E-state index contributed by atoms with van der Waals surface area (Å²) in [4.78, 5) is 1.36. The number of rotatable bonds is 6.